The number of nitrogens with zero attached hydrogens (tertiary/aromatic N) is 2. The lowest BCUT2D eigenvalue weighted by Gasteiger charge is -2.08. The summed E-state index contributed by atoms with van der Waals surface area (Å²) in [6, 6.07) is 0.632. The van der Waals surface area contributed by atoms with Crippen LogP contribution < -0.4 is 0 Å². The molecule has 3 nitrogen and oxygen atoms in total. The van der Waals surface area contributed by atoms with E-state index in [4.69, 9.17) is 4.74 Å². The fourth-order valence-corrected chi connectivity index (χ4v) is 2.82. The Balaban J connectivity index is 1.89. The van der Waals surface area contributed by atoms with E-state index < -0.39 is 0 Å². The lowest BCUT2D eigenvalue weighted by Crippen LogP contribution is -2.06. The molecule has 1 aliphatic carbocycles. The van der Waals surface area contributed by atoms with Gasteiger partial charge in [0.25, 0.3) is 0 Å². The maximum absolute atomic E-state index is 5.64. The van der Waals surface area contributed by atoms with Gasteiger partial charge in [0.1, 0.15) is 5.69 Å². The summed E-state index contributed by atoms with van der Waals surface area (Å²) in [6.45, 7) is 3.70. The highest BCUT2D eigenvalue weighted by Gasteiger charge is 2.19. The van der Waals surface area contributed by atoms with E-state index in [2.05, 4.69) is 45.5 Å². The van der Waals surface area contributed by atoms with Gasteiger partial charge < -0.3 is 4.74 Å². The van der Waals surface area contributed by atoms with Crippen LogP contribution in [-0.2, 0) is 11.3 Å². The van der Waals surface area contributed by atoms with Gasteiger partial charge in [0, 0.05) is 12.8 Å². The molecule has 96 valence electrons. The second-order valence-corrected chi connectivity index (χ2v) is 5.91. The smallest absolute Gasteiger partial charge is 0.101 e. The van der Waals surface area contributed by atoms with Crippen LogP contribution in [0.5, 0.6) is 0 Å². The van der Waals surface area contributed by atoms with Gasteiger partial charge in [-0.25, -0.2) is 0 Å². The average molecular weight is 348 g/mol. The first-order valence-electron chi connectivity index (χ1n) is 6.62. The van der Waals surface area contributed by atoms with Crippen molar-refractivity contribution in [2.75, 3.05) is 6.61 Å². The van der Waals surface area contributed by atoms with Crippen molar-refractivity contribution in [3.63, 3.8) is 0 Å². The van der Waals surface area contributed by atoms with E-state index in [9.17, 15) is 0 Å². The quantitative estimate of drug-likeness (QED) is 0.576. The summed E-state index contributed by atoms with van der Waals surface area (Å²) in [7, 11) is 0. The third kappa shape index (κ3) is 3.68. The van der Waals surface area contributed by atoms with Crippen LogP contribution in [0.25, 0.3) is 0 Å². The molecule has 17 heavy (non-hydrogen) atoms. The standard InChI is InChI=1S/C13H21IN2O/c1-2-3-8-17-10-13-12(14)9-16(15-13)11-6-4-5-7-11/h9,11H,2-8,10H2,1H3. The number of rotatable bonds is 6. The van der Waals surface area contributed by atoms with E-state index in [1.165, 1.54) is 35.7 Å². The average Bonchev–Trinajstić information content (AvgIpc) is 2.94. The number of aromatic nitrogens is 2. The molecule has 0 spiro atoms. The molecule has 1 saturated carbocycles. The van der Waals surface area contributed by atoms with Crippen molar-refractivity contribution in [1.29, 1.82) is 0 Å². The van der Waals surface area contributed by atoms with Gasteiger partial charge in [0.05, 0.1) is 16.2 Å². The topological polar surface area (TPSA) is 27.1 Å². The van der Waals surface area contributed by atoms with Crippen molar-refractivity contribution in [2.45, 2.75) is 58.1 Å². The summed E-state index contributed by atoms with van der Waals surface area (Å²) in [6.07, 6.45) is 9.78. The van der Waals surface area contributed by atoms with E-state index in [-0.39, 0.29) is 0 Å². The van der Waals surface area contributed by atoms with Crippen LogP contribution in [-0.4, -0.2) is 16.4 Å². The zero-order valence-electron chi connectivity index (χ0n) is 10.5. The monoisotopic (exact) mass is 348 g/mol. The molecule has 0 N–H and O–H groups in total. The molecular formula is C13H21IN2O. The predicted molar refractivity (Wildman–Crippen MR) is 77.0 cm³/mol. The van der Waals surface area contributed by atoms with E-state index in [0.29, 0.717) is 12.6 Å². The van der Waals surface area contributed by atoms with Crippen LogP contribution in [0.15, 0.2) is 6.20 Å². The molecular weight excluding hydrogens is 327 g/mol. The molecule has 0 aromatic carbocycles. The maximum atomic E-state index is 5.64. The number of hydrogen-bond acceptors (Lipinski definition) is 2. The third-order valence-electron chi connectivity index (χ3n) is 3.34. The normalized spacial score (nSPS) is 16.8. The molecule has 4 heteroatoms. The number of unbranched alkanes of at least 4 members (excludes halogenated alkanes) is 1. The molecule has 0 amide bonds. The molecule has 1 aromatic heterocycles. The van der Waals surface area contributed by atoms with Crippen molar-refractivity contribution >= 4 is 22.6 Å². The molecule has 1 aliphatic rings. The van der Waals surface area contributed by atoms with E-state index >= 15 is 0 Å². The summed E-state index contributed by atoms with van der Waals surface area (Å²) in [5.74, 6) is 0. The Bertz CT molecular complexity index is 345. The molecule has 0 atom stereocenters. The fraction of sp³-hybridized carbons (Fsp3) is 0.769. The Labute approximate surface area is 117 Å². The second-order valence-electron chi connectivity index (χ2n) is 4.75. The minimum atomic E-state index is 0.632. The van der Waals surface area contributed by atoms with Gasteiger partial charge in [-0.15, -0.1) is 0 Å². The molecule has 0 saturated heterocycles. The van der Waals surface area contributed by atoms with E-state index in [1.54, 1.807) is 0 Å². The summed E-state index contributed by atoms with van der Waals surface area (Å²) in [4.78, 5) is 0. The van der Waals surface area contributed by atoms with Crippen LogP contribution in [0, 0.1) is 3.57 Å². The van der Waals surface area contributed by atoms with Crippen LogP contribution in [0.2, 0.25) is 0 Å². The minimum absolute atomic E-state index is 0.632. The van der Waals surface area contributed by atoms with Gasteiger partial charge in [0.15, 0.2) is 0 Å². The summed E-state index contributed by atoms with van der Waals surface area (Å²) in [5.41, 5.74) is 1.11. The molecule has 0 aliphatic heterocycles. The van der Waals surface area contributed by atoms with Crippen molar-refractivity contribution in [1.82, 2.24) is 9.78 Å². The predicted octanol–water partition coefficient (Wildman–Crippen LogP) is 3.92. The molecule has 0 bridgehead atoms. The second kappa shape index (κ2) is 6.73. The van der Waals surface area contributed by atoms with E-state index in [0.717, 1.165) is 18.7 Å². The summed E-state index contributed by atoms with van der Waals surface area (Å²) < 4.78 is 9.04. The molecule has 0 radical (unpaired) electrons. The molecule has 1 fully saturated rings. The zero-order chi connectivity index (χ0) is 12.1. The molecule has 1 heterocycles. The number of ether oxygens (including phenoxy) is 1. The zero-order valence-corrected chi connectivity index (χ0v) is 12.6. The number of halogens is 1. The van der Waals surface area contributed by atoms with Gasteiger partial charge in [0.2, 0.25) is 0 Å². The van der Waals surface area contributed by atoms with Gasteiger partial charge >= 0.3 is 0 Å². The van der Waals surface area contributed by atoms with Crippen LogP contribution in [0.1, 0.15) is 57.2 Å². The van der Waals surface area contributed by atoms with Crippen molar-refractivity contribution in [3.8, 4) is 0 Å². The lowest BCUT2D eigenvalue weighted by atomic mass is 10.3. The van der Waals surface area contributed by atoms with Gasteiger partial charge in [-0.3, -0.25) is 4.68 Å². The van der Waals surface area contributed by atoms with Crippen molar-refractivity contribution < 1.29 is 4.74 Å². The van der Waals surface area contributed by atoms with Crippen LogP contribution >= 0.6 is 22.6 Å². The lowest BCUT2D eigenvalue weighted by molar-refractivity contribution is 0.114. The Kier molecular flexibility index (Phi) is 5.28. The van der Waals surface area contributed by atoms with Crippen LogP contribution in [0.3, 0.4) is 0 Å². The largest absolute Gasteiger partial charge is 0.375 e. The highest BCUT2D eigenvalue weighted by atomic mass is 127. The molecule has 2 rings (SSSR count). The van der Waals surface area contributed by atoms with Crippen molar-refractivity contribution in [3.05, 3.63) is 15.5 Å². The number of hydrogen-bond donors (Lipinski definition) is 0. The first kappa shape index (κ1) is 13.3. The summed E-state index contributed by atoms with van der Waals surface area (Å²) >= 11 is 2.37. The molecule has 0 unspecified atom stereocenters. The first-order chi connectivity index (χ1) is 8.31. The Morgan fingerprint density at radius 3 is 2.94 bits per heavy atom. The maximum Gasteiger partial charge on any atom is 0.101 e. The molecule has 1 aromatic rings. The van der Waals surface area contributed by atoms with Crippen LogP contribution in [0.4, 0.5) is 0 Å². The Hall–Kier alpha value is -0.100. The summed E-state index contributed by atoms with van der Waals surface area (Å²) in [5, 5.41) is 4.67. The van der Waals surface area contributed by atoms with Gasteiger partial charge in [-0.1, -0.05) is 26.2 Å². The van der Waals surface area contributed by atoms with Gasteiger partial charge in [-0.05, 0) is 41.9 Å². The Morgan fingerprint density at radius 2 is 2.24 bits per heavy atom. The third-order valence-corrected chi connectivity index (χ3v) is 4.24. The highest BCUT2D eigenvalue weighted by Crippen LogP contribution is 2.29. The highest BCUT2D eigenvalue weighted by molar-refractivity contribution is 14.1. The van der Waals surface area contributed by atoms with E-state index in [1.807, 2.05) is 0 Å². The van der Waals surface area contributed by atoms with Gasteiger partial charge in [-0.2, -0.15) is 5.10 Å². The minimum Gasteiger partial charge on any atom is -0.375 e. The van der Waals surface area contributed by atoms with Crippen molar-refractivity contribution in [2.24, 2.45) is 0 Å². The fourth-order valence-electron chi connectivity index (χ4n) is 2.28. The SMILES string of the molecule is CCCCOCc1nn(C2CCCC2)cc1I. The Morgan fingerprint density at radius 1 is 1.47 bits per heavy atom. The first-order valence-corrected chi connectivity index (χ1v) is 7.70.